The van der Waals surface area contributed by atoms with E-state index in [1.54, 1.807) is 11.8 Å². The molecular weight excluding hydrogens is 370 g/mol. The SMILES string of the molecule is O=C(NCc1ccc(C(F)(F)F)cc1)C1CN(C2=NCCS2)CCP1. The fraction of sp³-hybridized carbons (Fsp3) is 0.500. The van der Waals surface area contributed by atoms with E-state index in [1.807, 2.05) is 0 Å². The highest BCUT2D eigenvalue weighted by molar-refractivity contribution is 8.14. The van der Waals surface area contributed by atoms with Crippen LogP contribution in [0.1, 0.15) is 11.1 Å². The molecule has 1 saturated heterocycles. The lowest BCUT2D eigenvalue weighted by Gasteiger charge is -2.33. The molecule has 0 aliphatic carbocycles. The molecule has 1 fully saturated rings. The number of carbonyl (C=O) groups excluding carboxylic acids is 1. The topological polar surface area (TPSA) is 44.7 Å². The number of benzene rings is 1. The third-order valence-electron chi connectivity index (χ3n) is 4.08. The fourth-order valence-corrected chi connectivity index (χ4v) is 5.02. The van der Waals surface area contributed by atoms with Gasteiger partial charge >= 0.3 is 6.18 Å². The highest BCUT2D eigenvalue weighted by Gasteiger charge is 2.30. The van der Waals surface area contributed by atoms with Crippen molar-refractivity contribution in [1.82, 2.24) is 10.2 Å². The van der Waals surface area contributed by atoms with E-state index >= 15 is 0 Å². The maximum absolute atomic E-state index is 12.6. The van der Waals surface area contributed by atoms with E-state index in [0.717, 1.165) is 42.3 Å². The summed E-state index contributed by atoms with van der Waals surface area (Å²) in [5, 5.41) is 3.88. The highest BCUT2D eigenvalue weighted by Crippen LogP contribution is 2.30. The van der Waals surface area contributed by atoms with Gasteiger partial charge in [0, 0.05) is 25.4 Å². The molecule has 1 aromatic rings. The largest absolute Gasteiger partial charge is 0.416 e. The third-order valence-corrected chi connectivity index (χ3v) is 6.56. The molecule has 0 spiro atoms. The molecule has 2 heterocycles. The Morgan fingerprint density at radius 1 is 1.36 bits per heavy atom. The fourth-order valence-electron chi connectivity index (χ4n) is 2.74. The predicted molar refractivity (Wildman–Crippen MR) is 96.6 cm³/mol. The molecule has 2 atom stereocenters. The molecule has 4 nitrogen and oxygen atoms in total. The number of alkyl halides is 3. The summed E-state index contributed by atoms with van der Waals surface area (Å²) in [7, 11) is 0.566. The highest BCUT2D eigenvalue weighted by atomic mass is 32.2. The number of amides is 1. The van der Waals surface area contributed by atoms with Crippen molar-refractivity contribution in [3.8, 4) is 0 Å². The number of carbonyl (C=O) groups is 1. The van der Waals surface area contributed by atoms with Crippen molar-refractivity contribution in [3.05, 3.63) is 35.4 Å². The van der Waals surface area contributed by atoms with Gasteiger partial charge in [-0.2, -0.15) is 13.2 Å². The van der Waals surface area contributed by atoms with Crippen LogP contribution in [0.15, 0.2) is 29.3 Å². The summed E-state index contributed by atoms with van der Waals surface area (Å²) in [4.78, 5) is 19.0. The van der Waals surface area contributed by atoms with Gasteiger partial charge in [-0.3, -0.25) is 9.79 Å². The first-order valence-electron chi connectivity index (χ1n) is 8.03. The Hall–Kier alpha value is -1.27. The summed E-state index contributed by atoms with van der Waals surface area (Å²) in [5.41, 5.74) is -0.0954. The zero-order valence-electron chi connectivity index (χ0n) is 13.5. The zero-order valence-corrected chi connectivity index (χ0v) is 15.3. The van der Waals surface area contributed by atoms with Gasteiger partial charge in [0.2, 0.25) is 5.91 Å². The third kappa shape index (κ3) is 4.88. The monoisotopic (exact) mass is 389 g/mol. The van der Waals surface area contributed by atoms with Crippen LogP contribution in [0.25, 0.3) is 0 Å². The van der Waals surface area contributed by atoms with E-state index in [2.05, 4.69) is 15.2 Å². The molecule has 136 valence electrons. The van der Waals surface area contributed by atoms with E-state index in [1.165, 1.54) is 12.1 Å². The molecule has 0 saturated carbocycles. The van der Waals surface area contributed by atoms with Crippen LogP contribution in [0.3, 0.4) is 0 Å². The second-order valence-corrected chi connectivity index (χ2v) is 8.55. The molecule has 1 amide bonds. The van der Waals surface area contributed by atoms with E-state index in [0.29, 0.717) is 20.7 Å². The van der Waals surface area contributed by atoms with Gasteiger partial charge in [-0.25, -0.2) is 0 Å². The number of rotatable bonds is 3. The van der Waals surface area contributed by atoms with Crippen molar-refractivity contribution in [2.24, 2.45) is 4.99 Å². The van der Waals surface area contributed by atoms with Crippen LogP contribution in [0, 0.1) is 0 Å². The van der Waals surface area contributed by atoms with Crippen molar-refractivity contribution in [3.63, 3.8) is 0 Å². The average molecular weight is 389 g/mol. The minimum atomic E-state index is -4.34. The molecule has 1 N–H and O–H groups in total. The molecule has 0 radical (unpaired) electrons. The summed E-state index contributed by atoms with van der Waals surface area (Å²) in [6.45, 7) is 2.69. The van der Waals surface area contributed by atoms with E-state index in [9.17, 15) is 18.0 Å². The molecule has 25 heavy (non-hydrogen) atoms. The maximum atomic E-state index is 12.6. The lowest BCUT2D eigenvalue weighted by molar-refractivity contribution is -0.137. The van der Waals surface area contributed by atoms with Crippen LogP contribution in [0.5, 0.6) is 0 Å². The maximum Gasteiger partial charge on any atom is 0.416 e. The van der Waals surface area contributed by atoms with E-state index in [-0.39, 0.29) is 18.1 Å². The Balaban J connectivity index is 1.52. The second kappa shape index (κ2) is 7.96. The molecule has 9 heteroatoms. The summed E-state index contributed by atoms with van der Waals surface area (Å²) in [5.74, 6) is 0.963. The number of thioether (sulfide) groups is 1. The number of hydrogen-bond donors (Lipinski definition) is 1. The lowest BCUT2D eigenvalue weighted by Crippen LogP contribution is -2.46. The van der Waals surface area contributed by atoms with Gasteiger partial charge in [-0.1, -0.05) is 23.9 Å². The first-order valence-corrected chi connectivity index (χ1v) is 10.3. The number of nitrogens with one attached hydrogen (secondary N) is 1. The van der Waals surface area contributed by atoms with Crippen LogP contribution < -0.4 is 5.32 Å². The molecule has 0 aromatic heterocycles. The predicted octanol–water partition coefficient (Wildman–Crippen LogP) is 2.79. The van der Waals surface area contributed by atoms with Crippen LogP contribution in [-0.2, 0) is 17.5 Å². The summed E-state index contributed by atoms with van der Waals surface area (Å²) in [6, 6.07) is 4.90. The molecule has 2 aliphatic heterocycles. The Bertz CT molecular complexity index is 651. The normalized spacial score (nSPS) is 22.1. The number of halogens is 3. The number of hydrogen-bond acceptors (Lipinski definition) is 4. The van der Waals surface area contributed by atoms with Crippen LogP contribution >= 0.6 is 20.3 Å². The van der Waals surface area contributed by atoms with Crippen molar-refractivity contribution in [1.29, 1.82) is 0 Å². The van der Waals surface area contributed by atoms with E-state index < -0.39 is 11.7 Å². The van der Waals surface area contributed by atoms with Crippen molar-refractivity contribution < 1.29 is 18.0 Å². The van der Waals surface area contributed by atoms with Gasteiger partial charge < -0.3 is 10.2 Å². The lowest BCUT2D eigenvalue weighted by atomic mass is 10.1. The smallest absolute Gasteiger partial charge is 0.351 e. The number of aliphatic imine (C=N–C) groups is 1. The minimum absolute atomic E-state index is 0.0356. The molecule has 2 unspecified atom stereocenters. The molecule has 3 rings (SSSR count). The van der Waals surface area contributed by atoms with Gasteiger partial charge in [0.1, 0.15) is 0 Å². The average Bonchev–Trinajstić information content (AvgIpc) is 3.14. The van der Waals surface area contributed by atoms with Gasteiger partial charge in [-0.05, 0) is 23.9 Å². The van der Waals surface area contributed by atoms with Crippen LogP contribution in [0.2, 0.25) is 0 Å². The molecule has 0 bridgehead atoms. The Labute approximate surface area is 150 Å². The quantitative estimate of drug-likeness (QED) is 0.809. The first-order chi connectivity index (χ1) is 11.9. The first kappa shape index (κ1) is 18.5. The standard InChI is InChI=1S/C16H19F3N3OPS/c17-16(18,19)12-3-1-11(2-4-12)9-21-14(23)13-10-22(6-7-24-13)15-20-5-8-25-15/h1-4,13,24H,5-10H2,(H,21,23). The van der Waals surface area contributed by atoms with Gasteiger partial charge in [0.15, 0.2) is 5.17 Å². The van der Waals surface area contributed by atoms with Gasteiger partial charge in [0.05, 0.1) is 17.8 Å². The Kier molecular flexibility index (Phi) is 5.89. The van der Waals surface area contributed by atoms with Crippen molar-refractivity contribution in [2.75, 3.05) is 31.5 Å². The Morgan fingerprint density at radius 3 is 2.76 bits per heavy atom. The molecule has 1 aromatic carbocycles. The summed E-state index contributed by atoms with van der Waals surface area (Å²) >= 11 is 1.73. The van der Waals surface area contributed by atoms with Crippen LogP contribution in [-0.4, -0.2) is 53.2 Å². The van der Waals surface area contributed by atoms with Crippen molar-refractivity contribution in [2.45, 2.75) is 18.4 Å². The second-order valence-electron chi connectivity index (χ2n) is 5.88. The van der Waals surface area contributed by atoms with E-state index in [4.69, 9.17) is 0 Å². The molecule has 2 aliphatic rings. The minimum Gasteiger partial charge on any atom is -0.351 e. The van der Waals surface area contributed by atoms with Crippen LogP contribution in [0.4, 0.5) is 13.2 Å². The zero-order chi connectivity index (χ0) is 17.9. The summed E-state index contributed by atoms with van der Waals surface area (Å²) in [6.07, 6.45) is -3.37. The summed E-state index contributed by atoms with van der Waals surface area (Å²) < 4.78 is 37.7. The number of amidine groups is 1. The van der Waals surface area contributed by atoms with Gasteiger partial charge in [0.25, 0.3) is 0 Å². The van der Waals surface area contributed by atoms with Gasteiger partial charge in [-0.15, -0.1) is 8.58 Å². The molecular formula is C16H19F3N3OPS. The van der Waals surface area contributed by atoms with Crippen molar-refractivity contribution >= 4 is 31.4 Å². The number of nitrogens with zero attached hydrogens (tertiary/aromatic N) is 2. The Morgan fingerprint density at radius 2 is 2.12 bits per heavy atom.